The van der Waals surface area contributed by atoms with E-state index in [0.29, 0.717) is 5.54 Å². The van der Waals surface area contributed by atoms with E-state index in [1.54, 1.807) is 0 Å². The molecule has 1 saturated carbocycles. The molecule has 0 aromatic heterocycles. The van der Waals surface area contributed by atoms with E-state index in [-0.39, 0.29) is 0 Å². The summed E-state index contributed by atoms with van der Waals surface area (Å²) in [5, 5.41) is 3.59. The van der Waals surface area contributed by atoms with Crippen molar-refractivity contribution < 1.29 is 0 Å². The van der Waals surface area contributed by atoms with Crippen molar-refractivity contribution in [2.45, 2.75) is 65.3 Å². The van der Waals surface area contributed by atoms with Crippen LogP contribution < -0.4 is 5.32 Å². The van der Waals surface area contributed by atoms with Crippen molar-refractivity contribution in [2.24, 2.45) is 11.8 Å². The summed E-state index contributed by atoms with van der Waals surface area (Å²) in [5.41, 5.74) is 0.292. The van der Waals surface area contributed by atoms with Gasteiger partial charge in [-0.15, -0.1) is 0 Å². The molecule has 0 radical (unpaired) electrons. The second-order valence-corrected chi connectivity index (χ2v) is 5.82. The van der Waals surface area contributed by atoms with Crippen molar-refractivity contribution in [3.8, 4) is 0 Å². The van der Waals surface area contributed by atoms with E-state index >= 15 is 0 Å². The highest BCUT2D eigenvalue weighted by Crippen LogP contribution is 2.35. The van der Waals surface area contributed by atoms with Gasteiger partial charge in [0.1, 0.15) is 0 Å². The van der Waals surface area contributed by atoms with Crippen LogP contribution in [0.4, 0.5) is 0 Å². The molecule has 14 heavy (non-hydrogen) atoms. The van der Waals surface area contributed by atoms with Crippen molar-refractivity contribution in [2.75, 3.05) is 6.54 Å². The molecular formula is C13H27N. The molecule has 2 unspecified atom stereocenters. The fourth-order valence-electron chi connectivity index (χ4n) is 2.66. The van der Waals surface area contributed by atoms with Crippen LogP contribution in [0.15, 0.2) is 0 Å². The summed E-state index contributed by atoms with van der Waals surface area (Å²) in [5.74, 6) is 2.03. The van der Waals surface area contributed by atoms with E-state index in [1.165, 1.54) is 38.6 Å². The quantitative estimate of drug-likeness (QED) is 0.726. The zero-order valence-corrected chi connectivity index (χ0v) is 10.4. The first-order valence-electron chi connectivity index (χ1n) is 6.28. The highest BCUT2D eigenvalue weighted by atomic mass is 14.9. The van der Waals surface area contributed by atoms with E-state index in [4.69, 9.17) is 0 Å². The highest BCUT2D eigenvalue weighted by molar-refractivity contribution is 4.78. The summed E-state index contributed by atoms with van der Waals surface area (Å²) in [7, 11) is 0. The number of hydrogen-bond donors (Lipinski definition) is 1. The van der Waals surface area contributed by atoms with Crippen molar-refractivity contribution >= 4 is 0 Å². The molecule has 0 heterocycles. The fourth-order valence-corrected chi connectivity index (χ4v) is 2.66. The third-order valence-corrected chi connectivity index (χ3v) is 3.51. The third-order valence-electron chi connectivity index (χ3n) is 3.51. The van der Waals surface area contributed by atoms with Crippen molar-refractivity contribution in [1.82, 2.24) is 5.32 Å². The van der Waals surface area contributed by atoms with Crippen LogP contribution in [0.2, 0.25) is 0 Å². The van der Waals surface area contributed by atoms with Crippen LogP contribution >= 0.6 is 0 Å². The molecule has 2 atom stereocenters. The summed E-state index contributed by atoms with van der Waals surface area (Å²) in [6.07, 6.45) is 7.20. The first-order valence-corrected chi connectivity index (χ1v) is 6.28. The van der Waals surface area contributed by atoms with Crippen LogP contribution in [0.5, 0.6) is 0 Å². The standard InChI is InChI=1S/C13H27N/c1-5-11-7-6-8-12(11)9-10-14-13(2,3)4/h11-12,14H,5-10H2,1-4H3. The molecule has 1 aliphatic carbocycles. The normalized spacial score (nSPS) is 28.3. The Morgan fingerprint density at radius 1 is 1.14 bits per heavy atom. The molecule has 0 amide bonds. The minimum atomic E-state index is 0.292. The van der Waals surface area contributed by atoms with Gasteiger partial charge in [0.25, 0.3) is 0 Å². The molecule has 0 saturated heterocycles. The lowest BCUT2D eigenvalue weighted by molar-refractivity contribution is 0.326. The molecule has 0 aromatic rings. The zero-order chi connectivity index (χ0) is 10.6. The Balaban J connectivity index is 2.18. The Kier molecular flexibility index (Phi) is 4.43. The maximum atomic E-state index is 3.59. The first kappa shape index (κ1) is 12.0. The molecule has 1 aliphatic rings. The lowest BCUT2D eigenvalue weighted by atomic mass is 9.90. The summed E-state index contributed by atoms with van der Waals surface area (Å²) in [6.45, 7) is 10.3. The Bertz CT molecular complexity index is 157. The molecular weight excluding hydrogens is 170 g/mol. The minimum absolute atomic E-state index is 0.292. The van der Waals surface area contributed by atoms with Crippen molar-refractivity contribution in [3.63, 3.8) is 0 Å². The van der Waals surface area contributed by atoms with Crippen molar-refractivity contribution in [3.05, 3.63) is 0 Å². The van der Waals surface area contributed by atoms with Crippen LogP contribution in [-0.2, 0) is 0 Å². The van der Waals surface area contributed by atoms with Gasteiger partial charge in [-0.3, -0.25) is 0 Å². The van der Waals surface area contributed by atoms with E-state index in [1.807, 2.05) is 0 Å². The Hall–Kier alpha value is -0.0400. The molecule has 1 nitrogen and oxygen atoms in total. The molecule has 1 fully saturated rings. The lowest BCUT2D eigenvalue weighted by Crippen LogP contribution is -2.37. The van der Waals surface area contributed by atoms with Gasteiger partial charge in [0.05, 0.1) is 0 Å². The smallest absolute Gasteiger partial charge is 0.00965 e. The summed E-state index contributed by atoms with van der Waals surface area (Å²) < 4.78 is 0. The van der Waals surface area contributed by atoms with Gasteiger partial charge < -0.3 is 5.32 Å². The SMILES string of the molecule is CCC1CCCC1CCNC(C)(C)C. The van der Waals surface area contributed by atoms with Crippen LogP contribution in [0.3, 0.4) is 0 Å². The predicted molar refractivity (Wildman–Crippen MR) is 63.5 cm³/mol. The average Bonchev–Trinajstić information content (AvgIpc) is 2.49. The Morgan fingerprint density at radius 3 is 2.36 bits per heavy atom. The molecule has 1 heteroatoms. The van der Waals surface area contributed by atoms with Gasteiger partial charge in [-0.1, -0.05) is 32.6 Å². The number of nitrogens with one attached hydrogen (secondary N) is 1. The highest BCUT2D eigenvalue weighted by Gasteiger charge is 2.25. The van der Waals surface area contributed by atoms with Gasteiger partial charge >= 0.3 is 0 Å². The molecule has 0 aromatic carbocycles. The van der Waals surface area contributed by atoms with Gasteiger partial charge in [-0.2, -0.15) is 0 Å². The maximum Gasteiger partial charge on any atom is 0.00965 e. The molecule has 0 spiro atoms. The van der Waals surface area contributed by atoms with Crippen LogP contribution in [0.25, 0.3) is 0 Å². The van der Waals surface area contributed by atoms with E-state index < -0.39 is 0 Å². The summed E-state index contributed by atoms with van der Waals surface area (Å²) >= 11 is 0. The second kappa shape index (κ2) is 5.16. The molecule has 0 aliphatic heterocycles. The molecule has 0 bridgehead atoms. The third kappa shape index (κ3) is 4.00. The lowest BCUT2D eigenvalue weighted by Gasteiger charge is -2.23. The predicted octanol–water partition coefficient (Wildman–Crippen LogP) is 3.59. The van der Waals surface area contributed by atoms with E-state index in [0.717, 1.165) is 11.8 Å². The second-order valence-electron chi connectivity index (χ2n) is 5.82. The van der Waals surface area contributed by atoms with Gasteiger partial charge in [-0.25, -0.2) is 0 Å². The topological polar surface area (TPSA) is 12.0 Å². The molecule has 1 rings (SSSR count). The van der Waals surface area contributed by atoms with Crippen LogP contribution in [-0.4, -0.2) is 12.1 Å². The zero-order valence-electron chi connectivity index (χ0n) is 10.4. The summed E-state index contributed by atoms with van der Waals surface area (Å²) in [4.78, 5) is 0. The monoisotopic (exact) mass is 197 g/mol. The fraction of sp³-hybridized carbons (Fsp3) is 1.00. The van der Waals surface area contributed by atoms with Crippen LogP contribution in [0.1, 0.15) is 59.8 Å². The van der Waals surface area contributed by atoms with Crippen LogP contribution in [0, 0.1) is 11.8 Å². The number of hydrogen-bond acceptors (Lipinski definition) is 1. The van der Waals surface area contributed by atoms with Crippen molar-refractivity contribution in [1.29, 1.82) is 0 Å². The Morgan fingerprint density at radius 2 is 1.79 bits per heavy atom. The van der Waals surface area contributed by atoms with E-state index in [2.05, 4.69) is 33.0 Å². The molecule has 1 N–H and O–H groups in total. The van der Waals surface area contributed by atoms with Gasteiger partial charge in [0, 0.05) is 5.54 Å². The summed E-state index contributed by atoms with van der Waals surface area (Å²) in [6, 6.07) is 0. The first-order chi connectivity index (χ1) is 6.53. The van der Waals surface area contributed by atoms with E-state index in [9.17, 15) is 0 Å². The van der Waals surface area contributed by atoms with Gasteiger partial charge in [0.2, 0.25) is 0 Å². The molecule has 84 valence electrons. The number of rotatable bonds is 4. The minimum Gasteiger partial charge on any atom is -0.312 e. The van der Waals surface area contributed by atoms with Gasteiger partial charge in [-0.05, 0) is 45.6 Å². The maximum absolute atomic E-state index is 3.59. The average molecular weight is 197 g/mol. The Labute approximate surface area is 89.7 Å². The largest absolute Gasteiger partial charge is 0.312 e. The van der Waals surface area contributed by atoms with Gasteiger partial charge in [0.15, 0.2) is 0 Å².